The molecular formula is C8H9F6Na2O4P. The number of rotatable bonds is 1. The number of hydrogen-bond donors (Lipinski definition) is 2. The summed E-state index contributed by atoms with van der Waals surface area (Å²) in [7, 11) is -5.21. The van der Waals surface area contributed by atoms with Crippen molar-refractivity contribution in [3.8, 4) is 0 Å². The summed E-state index contributed by atoms with van der Waals surface area (Å²) in [6, 6.07) is -0.217. The van der Waals surface area contributed by atoms with Gasteiger partial charge in [0.05, 0.1) is 16.4 Å². The van der Waals surface area contributed by atoms with Crippen LogP contribution in [-0.2, 0) is 16.9 Å². The minimum absolute atomic E-state index is 0. The Balaban J connectivity index is -0.00000108. The molecule has 0 saturated carbocycles. The summed E-state index contributed by atoms with van der Waals surface area (Å²) in [4.78, 5) is 17.3. The van der Waals surface area contributed by atoms with Crippen LogP contribution in [0, 0.1) is 0 Å². The fourth-order valence-corrected chi connectivity index (χ4v) is 1.72. The zero-order chi connectivity index (χ0) is 14.4. The van der Waals surface area contributed by atoms with E-state index in [4.69, 9.17) is 9.79 Å². The molecule has 0 amide bonds. The summed E-state index contributed by atoms with van der Waals surface area (Å²) < 4.78 is 84.6. The molecule has 4 N–H and O–H groups in total. The zero-order valence-corrected chi connectivity index (χ0v) is 9.64. The molecule has 1 aromatic rings. The first-order valence-corrected chi connectivity index (χ1v) is 5.78. The van der Waals surface area contributed by atoms with Gasteiger partial charge in [-0.1, -0.05) is 0 Å². The number of halogens is 6. The molecule has 0 aliphatic heterocycles. The van der Waals surface area contributed by atoms with E-state index in [1.54, 1.807) is 0 Å². The van der Waals surface area contributed by atoms with Crippen molar-refractivity contribution in [1.29, 1.82) is 0 Å². The van der Waals surface area contributed by atoms with Crippen LogP contribution in [0.5, 0.6) is 0 Å². The molecule has 21 heavy (non-hydrogen) atoms. The Labute approximate surface area is 159 Å². The second kappa shape index (κ2) is 8.68. The quantitative estimate of drug-likeness (QED) is 0.432. The van der Waals surface area contributed by atoms with Crippen molar-refractivity contribution in [3.63, 3.8) is 0 Å². The van der Waals surface area contributed by atoms with Gasteiger partial charge in [0.25, 0.3) is 0 Å². The molecular weight excluding hydrogens is 351 g/mol. The first kappa shape index (κ1) is 26.8. The second-order valence-electron chi connectivity index (χ2n) is 3.31. The van der Waals surface area contributed by atoms with Crippen molar-refractivity contribution >= 4 is 72.0 Å². The van der Waals surface area contributed by atoms with Gasteiger partial charge in [-0.3, -0.25) is 4.57 Å². The number of benzene rings is 1. The second-order valence-corrected chi connectivity index (χ2v) is 4.91. The van der Waals surface area contributed by atoms with Crippen molar-refractivity contribution in [2.24, 2.45) is 0 Å². The van der Waals surface area contributed by atoms with Crippen LogP contribution >= 0.6 is 7.60 Å². The van der Waals surface area contributed by atoms with Crippen LogP contribution in [0.25, 0.3) is 0 Å². The molecule has 0 saturated heterocycles. The van der Waals surface area contributed by atoms with Gasteiger partial charge in [-0.25, -0.2) is 0 Å². The molecule has 0 aliphatic rings. The van der Waals surface area contributed by atoms with Crippen LogP contribution in [0.1, 0.15) is 11.1 Å². The Morgan fingerprint density at radius 1 is 0.810 bits per heavy atom. The van der Waals surface area contributed by atoms with Crippen molar-refractivity contribution in [3.05, 3.63) is 29.3 Å². The monoisotopic (exact) mass is 360 g/mol. The van der Waals surface area contributed by atoms with E-state index in [1.807, 2.05) is 0 Å². The third kappa shape index (κ3) is 7.83. The van der Waals surface area contributed by atoms with Crippen LogP contribution in [0.15, 0.2) is 18.2 Å². The average Bonchev–Trinajstić information content (AvgIpc) is 2.13. The van der Waals surface area contributed by atoms with Crippen LogP contribution in [0.3, 0.4) is 0 Å². The molecule has 1 rings (SSSR count). The summed E-state index contributed by atoms with van der Waals surface area (Å²) in [5.41, 5.74) is -3.54. The third-order valence-electron chi connectivity index (χ3n) is 1.91. The van der Waals surface area contributed by atoms with Gasteiger partial charge in [-0.15, -0.1) is 0 Å². The van der Waals surface area contributed by atoms with E-state index in [0.29, 0.717) is 0 Å². The van der Waals surface area contributed by atoms with Gasteiger partial charge in [0.1, 0.15) is 0 Å². The fourth-order valence-electron chi connectivity index (χ4n) is 1.11. The molecule has 0 bridgehead atoms. The number of hydrogen-bond acceptors (Lipinski definition) is 1. The molecule has 0 radical (unpaired) electrons. The molecule has 0 unspecified atom stereocenters. The zero-order valence-electron chi connectivity index (χ0n) is 8.75. The van der Waals surface area contributed by atoms with Gasteiger partial charge in [0.2, 0.25) is 0 Å². The molecule has 0 aliphatic carbocycles. The summed E-state index contributed by atoms with van der Waals surface area (Å²) in [5.74, 6) is 0. The maximum atomic E-state index is 12.3. The van der Waals surface area contributed by atoms with E-state index in [0.717, 1.165) is 0 Å². The summed E-state index contributed by atoms with van der Waals surface area (Å²) >= 11 is 0. The molecule has 0 spiro atoms. The standard InChI is InChI=1S/C8H5F6O3P.2Na.H2O.2H/c9-7(10,11)4-1-5(8(12,13)14)3-6(2-4)18(15,16)17;;;;;/h1-3H,(H2,15,16,17);;;1H2;;. The molecule has 0 atom stereocenters. The first-order valence-electron chi connectivity index (χ1n) is 4.17. The molecule has 4 nitrogen and oxygen atoms in total. The van der Waals surface area contributed by atoms with Crippen molar-refractivity contribution in [2.75, 3.05) is 0 Å². The van der Waals surface area contributed by atoms with Crippen molar-refractivity contribution in [1.82, 2.24) is 0 Å². The van der Waals surface area contributed by atoms with Crippen LogP contribution < -0.4 is 5.30 Å². The molecule has 13 heteroatoms. The van der Waals surface area contributed by atoms with Crippen molar-refractivity contribution < 1.29 is 46.2 Å². The van der Waals surface area contributed by atoms with Crippen LogP contribution in [0.2, 0.25) is 0 Å². The van der Waals surface area contributed by atoms with E-state index >= 15 is 0 Å². The van der Waals surface area contributed by atoms with Gasteiger partial charge in [-0.05, 0) is 18.2 Å². The van der Waals surface area contributed by atoms with Gasteiger partial charge in [0, 0.05) is 0 Å². The van der Waals surface area contributed by atoms with Gasteiger partial charge < -0.3 is 15.3 Å². The van der Waals surface area contributed by atoms with Crippen LogP contribution in [0.4, 0.5) is 26.3 Å². The molecule has 0 aromatic heterocycles. The molecule has 0 heterocycles. The van der Waals surface area contributed by atoms with E-state index in [9.17, 15) is 30.9 Å². The average molecular weight is 360 g/mol. The molecule has 114 valence electrons. The van der Waals surface area contributed by atoms with Gasteiger partial charge in [0.15, 0.2) is 0 Å². The van der Waals surface area contributed by atoms with E-state index in [-0.39, 0.29) is 82.8 Å². The third-order valence-corrected chi connectivity index (χ3v) is 2.84. The Bertz CT molecular complexity index is 480. The van der Waals surface area contributed by atoms with E-state index in [2.05, 4.69) is 0 Å². The predicted octanol–water partition coefficient (Wildman–Crippen LogP) is 0.406. The maximum absolute atomic E-state index is 12.3. The topological polar surface area (TPSA) is 89.0 Å². The predicted molar refractivity (Wildman–Crippen MR) is 66.0 cm³/mol. The Kier molecular flexibility index (Phi) is 11.1. The van der Waals surface area contributed by atoms with E-state index in [1.165, 1.54) is 0 Å². The fraction of sp³-hybridized carbons (Fsp3) is 0.250. The Morgan fingerprint density at radius 2 is 1.10 bits per heavy atom. The summed E-state index contributed by atoms with van der Waals surface area (Å²) in [5, 5.41) is -1.33. The normalized spacial score (nSPS) is 11.8. The number of alkyl halides is 6. The minimum atomic E-state index is -5.21. The molecule has 0 fully saturated rings. The SMILES string of the molecule is O.O=P(O)(O)c1cc(C(F)(F)F)cc(C(F)(F)F)c1.[NaH].[NaH]. The van der Waals surface area contributed by atoms with E-state index < -0.39 is 36.4 Å². The van der Waals surface area contributed by atoms with Gasteiger partial charge >= 0.3 is 79.1 Å². The molecule has 1 aromatic carbocycles. The summed E-state index contributed by atoms with van der Waals surface area (Å²) in [6.45, 7) is 0. The Hall–Kier alpha value is 0.910. The van der Waals surface area contributed by atoms with Gasteiger partial charge in [-0.2, -0.15) is 26.3 Å². The first-order chi connectivity index (χ1) is 7.82. The van der Waals surface area contributed by atoms with Crippen LogP contribution in [-0.4, -0.2) is 74.4 Å². The Morgan fingerprint density at radius 3 is 1.29 bits per heavy atom. The van der Waals surface area contributed by atoms with Crippen molar-refractivity contribution in [2.45, 2.75) is 12.4 Å². The summed E-state index contributed by atoms with van der Waals surface area (Å²) in [6.07, 6.45) is -10.3.